The normalized spacial score (nSPS) is 16.1. The molecule has 0 radical (unpaired) electrons. The molecule has 25 heavy (non-hydrogen) atoms. The molecule has 0 bridgehead atoms. The maximum absolute atomic E-state index is 12.6. The molecule has 0 aliphatic carbocycles. The highest BCUT2D eigenvalue weighted by molar-refractivity contribution is 5.81. The first-order valence-electron chi connectivity index (χ1n) is 8.63. The van der Waals surface area contributed by atoms with Crippen molar-refractivity contribution < 1.29 is 9.53 Å². The van der Waals surface area contributed by atoms with Crippen molar-refractivity contribution in [3.8, 4) is 0 Å². The Morgan fingerprint density at radius 2 is 2.04 bits per heavy atom. The van der Waals surface area contributed by atoms with Crippen LogP contribution in [0.2, 0.25) is 0 Å². The molecule has 0 saturated carbocycles. The topological polar surface area (TPSA) is 67.7 Å². The van der Waals surface area contributed by atoms with Gasteiger partial charge in [0.15, 0.2) is 0 Å². The molecule has 2 aromatic rings. The highest BCUT2D eigenvalue weighted by Gasteiger charge is 2.20. The molecule has 0 atom stereocenters. The van der Waals surface area contributed by atoms with E-state index < -0.39 is 0 Å². The number of fused-ring (bicyclic) bond motifs is 1. The minimum Gasteiger partial charge on any atom is -0.383 e. The molecule has 1 fully saturated rings. The number of carbonyl (C=O) groups is 1. The van der Waals surface area contributed by atoms with E-state index in [9.17, 15) is 9.59 Å². The summed E-state index contributed by atoms with van der Waals surface area (Å²) < 4.78 is 6.38. The second-order valence-electron chi connectivity index (χ2n) is 6.26. The van der Waals surface area contributed by atoms with Crippen LogP contribution < -0.4 is 5.56 Å². The van der Waals surface area contributed by atoms with E-state index >= 15 is 0 Å². The fourth-order valence-electron chi connectivity index (χ4n) is 3.13. The van der Waals surface area contributed by atoms with Gasteiger partial charge in [-0.1, -0.05) is 18.2 Å². The number of amides is 1. The van der Waals surface area contributed by atoms with Gasteiger partial charge in [-0.15, -0.1) is 0 Å². The van der Waals surface area contributed by atoms with E-state index in [2.05, 4.69) is 10.00 Å². The maximum Gasteiger partial charge on any atom is 0.275 e. The van der Waals surface area contributed by atoms with Crippen molar-refractivity contribution in [1.82, 2.24) is 19.6 Å². The van der Waals surface area contributed by atoms with Crippen LogP contribution in [0.3, 0.4) is 0 Å². The van der Waals surface area contributed by atoms with Crippen LogP contribution in [0.4, 0.5) is 0 Å². The molecule has 1 saturated heterocycles. The molecule has 1 aliphatic rings. The first-order chi connectivity index (χ1) is 12.2. The van der Waals surface area contributed by atoms with Crippen molar-refractivity contribution in [2.45, 2.75) is 13.0 Å². The lowest BCUT2D eigenvalue weighted by atomic mass is 10.2. The van der Waals surface area contributed by atoms with Gasteiger partial charge in [0.1, 0.15) is 6.54 Å². The van der Waals surface area contributed by atoms with Gasteiger partial charge in [0.05, 0.1) is 18.2 Å². The molecule has 0 spiro atoms. The van der Waals surface area contributed by atoms with E-state index in [-0.39, 0.29) is 18.0 Å². The van der Waals surface area contributed by atoms with E-state index in [1.807, 2.05) is 23.1 Å². The molecular weight excluding hydrogens is 320 g/mol. The predicted molar refractivity (Wildman–Crippen MR) is 95.5 cm³/mol. The van der Waals surface area contributed by atoms with Gasteiger partial charge in [-0.05, 0) is 19.0 Å². The largest absolute Gasteiger partial charge is 0.383 e. The zero-order valence-electron chi connectivity index (χ0n) is 14.6. The summed E-state index contributed by atoms with van der Waals surface area (Å²) >= 11 is 0. The second kappa shape index (κ2) is 8.22. The first-order valence-corrected chi connectivity index (χ1v) is 8.63. The number of nitrogens with zero attached hydrogens (tertiary/aromatic N) is 4. The van der Waals surface area contributed by atoms with Crippen molar-refractivity contribution in [3.05, 3.63) is 40.8 Å². The van der Waals surface area contributed by atoms with Crippen LogP contribution in [0.5, 0.6) is 0 Å². The Balaban J connectivity index is 1.66. The van der Waals surface area contributed by atoms with Gasteiger partial charge in [-0.3, -0.25) is 14.5 Å². The molecule has 7 nitrogen and oxygen atoms in total. The maximum atomic E-state index is 12.6. The number of carbonyl (C=O) groups excluding carboxylic acids is 1. The van der Waals surface area contributed by atoms with E-state index in [1.165, 1.54) is 4.68 Å². The molecule has 1 aromatic carbocycles. The second-order valence-corrected chi connectivity index (χ2v) is 6.26. The summed E-state index contributed by atoms with van der Waals surface area (Å²) in [6.07, 6.45) is 2.56. The summed E-state index contributed by atoms with van der Waals surface area (Å²) in [5, 5.41) is 5.53. The highest BCUT2D eigenvalue weighted by atomic mass is 16.5. The van der Waals surface area contributed by atoms with E-state index in [0.717, 1.165) is 31.4 Å². The molecule has 1 aliphatic heterocycles. The molecule has 134 valence electrons. The van der Waals surface area contributed by atoms with E-state index in [1.54, 1.807) is 19.4 Å². The third-order valence-electron chi connectivity index (χ3n) is 4.60. The third-order valence-corrected chi connectivity index (χ3v) is 4.60. The highest BCUT2D eigenvalue weighted by Crippen LogP contribution is 2.07. The number of hydrogen-bond donors (Lipinski definition) is 0. The van der Waals surface area contributed by atoms with Gasteiger partial charge < -0.3 is 9.64 Å². The summed E-state index contributed by atoms with van der Waals surface area (Å²) in [5.74, 6) is -0.0570. The SMILES string of the molecule is COCCN1CCCN(C(=O)Cn2ncc3ccccc3c2=O)CC1. The van der Waals surface area contributed by atoms with Crippen molar-refractivity contribution >= 4 is 16.7 Å². The minimum atomic E-state index is -0.219. The Kier molecular flexibility index (Phi) is 5.78. The monoisotopic (exact) mass is 344 g/mol. The number of ether oxygens (including phenoxy) is 1. The van der Waals surface area contributed by atoms with Crippen LogP contribution >= 0.6 is 0 Å². The fourth-order valence-corrected chi connectivity index (χ4v) is 3.13. The summed E-state index contributed by atoms with van der Waals surface area (Å²) in [6, 6.07) is 7.30. The van der Waals surface area contributed by atoms with Gasteiger partial charge in [0, 0.05) is 38.7 Å². The predicted octanol–water partition coefficient (Wildman–Crippen LogP) is 0.577. The first kappa shape index (κ1) is 17.6. The summed E-state index contributed by atoms with van der Waals surface area (Å²) in [4.78, 5) is 29.2. The van der Waals surface area contributed by atoms with Crippen molar-refractivity contribution in [2.24, 2.45) is 0 Å². The van der Waals surface area contributed by atoms with Gasteiger partial charge in [0.2, 0.25) is 5.91 Å². The molecule has 7 heteroatoms. The molecule has 3 rings (SSSR count). The number of hydrogen-bond acceptors (Lipinski definition) is 5. The average Bonchev–Trinajstić information content (AvgIpc) is 2.88. The molecule has 1 aromatic heterocycles. The Hall–Kier alpha value is -2.25. The lowest BCUT2D eigenvalue weighted by molar-refractivity contribution is -0.132. The molecular formula is C18H24N4O3. The van der Waals surface area contributed by atoms with Crippen LogP contribution in [0, 0.1) is 0 Å². The standard InChI is InChI=1S/C18H24N4O3/c1-25-12-11-20-7-4-8-21(10-9-20)17(23)14-22-18(24)16-6-3-2-5-15(16)13-19-22/h2-3,5-6,13H,4,7-12,14H2,1H3. The van der Waals surface area contributed by atoms with Gasteiger partial charge in [0.25, 0.3) is 5.56 Å². The van der Waals surface area contributed by atoms with Crippen LogP contribution in [0.25, 0.3) is 10.8 Å². The van der Waals surface area contributed by atoms with Crippen molar-refractivity contribution in [1.29, 1.82) is 0 Å². The van der Waals surface area contributed by atoms with Crippen LogP contribution in [0.15, 0.2) is 35.3 Å². The zero-order chi connectivity index (χ0) is 17.6. The molecule has 1 amide bonds. The summed E-state index contributed by atoms with van der Waals surface area (Å²) in [6.45, 7) is 4.74. The lowest BCUT2D eigenvalue weighted by Gasteiger charge is -2.22. The number of benzene rings is 1. The Labute approximate surface area is 146 Å². The summed E-state index contributed by atoms with van der Waals surface area (Å²) in [7, 11) is 1.70. The molecule has 0 N–H and O–H groups in total. The average molecular weight is 344 g/mol. The Morgan fingerprint density at radius 3 is 2.88 bits per heavy atom. The van der Waals surface area contributed by atoms with Gasteiger partial charge in [-0.25, -0.2) is 4.68 Å². The Bertz CT molecular complexity index is 789. The summed E-state index contributed by atoms with van der Waals surface area (Å²) in [5.41, 5.74) is -0.219. The van der Waals surface area contributed by atoms with Crippen molar-refractivity contribution in [2.75, 3.05) is 46.4 Å². The molecule has 0 unspecified atom stereocenters. The lowest BCUT2D eigenvalue weighted by Crippen LogP contribution is -2.39. The van der Waals surface area contributed by atoms with Crippen molar-refractivity contribution in [3.63, 3.8) is 0 Å². The quantitative estimate of drug-likeness (QED) is 0.794. The fraction of sp³-hybridized carbons (Fsp3) is 0.500. The number of methoxy groups -OCH3 is 1. The van der Waals surface area contributed by atoms with Gasteiger partial charge >= 0.3 is 0 Å². The zero-order valence-corrected chi connectivity index (χ0v) is 14.6. The van der Waals surface area contributed by atoms with E-state index in [0.29, 0.717) is 25.1 Å². The number of rotatable bonds is 5. The van der Waals surface area contributed by atoms with Crippen LogP contribution in [-0.4, -0.2) is 71.9 Å². The third kappa shape index (κ3) is 4.24. The van der Waals surface area contributed by atoms with Gasteiger partial charge in [-0.2, -0.15) is 5.10 Å². The smallest absolute Gasteiger partial charge is 0.275 e. The minimum absolute atomic E-state index is 0.0122. The van der Waals surface area contributed by atoms with E-state index in [4.69, 9.17) is 4.74 Å². The van der Waals surface area contributed by atoms with Crippen LogP contribution in [0.1, 0.15) is 6.42 Å². The van der Waals surface area contributed by atoms with Crippen LogP contribution in [-0.2, 0) is 16.1 Å². The number of aromatic nitrogens is 2. The molecule has 2 heterocycles. The Morgan fingerprint density at radius 1 is 1.20 bits per heavy atom.